The fraction of sp³-hybridized carbons (Fsp3) is 0.259. The molecule has 1 aromatic carbocycles. The van der Waals surface area contributed by atoms with Gasteiger partial charge >= 0.3 is 0 Å². The molecular weight excluding hydrogens is 487 g/mol. The molecule has 4 rings (SSSR count). The molecule has 1 amide bonds. The topological polar surface area (TPSA) is 99.9 Å². The van der Waals surface area contributed by atoms with Crippen LogP contribution in [0.2, 0.25) is 0 Å². The maximum atomic E-state index is 14.7. The molecule has 198 valence electrons. The molecule has 0 atom stereocenters. The minimum Gasteiger partial charge on any atom is -0.494 e. The molecule has 0 radical (unpaired) electrons. The molecule has 0 bridgehead atoms. The zero-order valence-electron chi connectivity index (χ0n) is 22.1. The number of anilines is 4. The first-order valence-corrected chi connectivity index (χ1v) is 11.9. The molecule has 0 unspecified atom stereocenters. The Hall–Kier alpha value is -4.51. The Kier molecular flexibility index (Phi) is 7.87. The van der Waals surface area contributed by atoms with Crippen LogP contribution in [0.15, 0.2) is 55.5 Å². The zero-order chi connectivity index (χ0) is 27.4. The van der Waals surface area contributed by atoms with E-state index in [1.54, 1.807) is 42.2 Å². The van der Waals surface area contributed by atoms with E-state index in [2.05, 4.69) is 37.1 Å². The lowest BCUT2D eigenvalue weighted by molar-refractivity contribution is -0.111. The van der Waals surface area contributed by atoms with Crippen LogP contribution in [0, 0.1) is 12.7 Å². The van der Waals surface area contributed by atoms with Crippen LogP contribution >= 0.6 is 0 Å². The highest BCUT2D eigenvalue weighted by Crippen LogP contribution is 2.38. The van der Waals surface area contributed by atoms with Crippen LogP contribution in [0.4, 0.5) is 27.4 Å². The van der Waals surface area contributed by atoms with Gasteiger partial charge in [-0.2, -0.15) is 0 Å². The van der Waals surface area contributed by atoms with Gasteiger partial charge in [-0.05, 0) is 45.3 Å². The van der Waals surface area contributed by atoms with Gasteiger partial charge in [0.15, 0.2) is 11.5 Å². The first-order valence-electron chi connectivity index (χ1n) is 11.9. The summed E-state index contributed by atoms with van der Waals surface area (Å²) >= 11 is 0. The number of rotatable bonds is 10. The third kappa shape index (κ3) is 5.89. The Labute approximate surface area is 220 Å². The number of methoxy groups -OCH3 is 1. The minimum absolute atomic E-state index is 0.258. The second-order valence-corrected chi connectivity index (χ2v) is 9.07. The molecule has 10 nitrogen and oxygen atoms in total. The van der Waals surface area contributed by atoms with Gasteiger partial charge in [-0.15, -0.1) is 0 Å². The summed E-state index contributed by atoms with van der Waals surface area (Å²) in [6.45, 7) is 6.91. The summed E-state index contributed by atoms with van der Waals surface area (Å²) in [5.41, 5.74) is 3.95. The third-order valence-electron chi connectivity index (χ3n) is 5.88. The second kappa shape index (κ2) is 11.3. The number of hydrogen-bond acceptors (Lipinski definition) is 8. The molecule has 3 heterocycles. The number of benzene rings is 1. The molecule has 0 saturated carbocycles. The number of amides is 1. The molecule has 0 fully saturated rings. The van der Waals surface area contributed by atoms with E-state index in [0.29, 0.717) is 34.1 Å². The molecule has 4 aromatic rings. The Balaban J connectivity index is 1.69. The Morgan fingerprint density at radius 1 is 1.16 bits per heavy atom. The monoisotopic (exact) mass is 518 g/mol. The van der Waals surface area contributed by atoms with Crippen LogP contribution in [-0.4, -0.2) is 71.5 Å². The number of nitrogens with one attached hydrogen (secondary N) is 2. The number of pyridine rings is 1. The van der Waals surface area contributed by atoms with E-state index >= 15 is 0 Å². The number of carbonyl (C=O) groups excluding carboxylic acids is 1. The summed E-state index contributed by atoms with van der Waals surface area (Å²) in [5.74, 6) is 0.0252. The summed E-state index contributed by atoms with van der Waals surface area (Å²) in [5, 5.41) is 6.04. The van der Waals surface area contributed by atoms with Crippen LogP contribution < -0.4 is 20.3 Å². The molecule has 3 aromatic heterocycles. The molecule has 0 spiro atoms. The smallest absolute Gasteiger partial charge is 0.247 e. The van der Waals surface area contributed by atoms with E-state index in [1.165, 1.54) is 12.1 Å². The maximum absolute atomic E-state index is 14.7. The van der Waals surface area contributed by atoms with Crippen molar-refractivity contribution in [3.8, 4) is 17.0 Å². The van der Waals surface area contributed by atoms with Gasteiger partial charge in [-0.25, -0.2) is 19.3 Å². The first-order chi connectivity index (χ1) is 18.2. The normalized spacial score (nSPS) is 11.0. The Morgan fingerprint density at radius 2 is 1.95 bits per heavy atom. The highest BCUT2D eigenvalue weighted by molar-refractivity contribution is 6.02. The van der Waals surface area contributed by atoms with Gasteiger partial charge in [-0.1, -0.05) is 6.58 Å². The number of aryl methyl sites for hydroxylation is 1. The van der Waals surface area contributed by atoms with Crippen molar-refractivity contribution in [1.29, 1.82) is 0 Å². The summed E-state index contributed by atoms with van der Waals surface area (Å²) in [7, 11) is 7.51. The number of aromatic nitrogens is 4. The quantitative estimate of drug-likeness (QED) is 0.303. The van der Waals surface area contributed by atoms with E-state index in [9.17, 15) is 9.18 Å². The van der Waals surface area contributed by atoms with Crippen molar-refractivity contribution >= 4 is 34.6 Å². The number of imidazole rings is 1. The number of fused-ring (bicyclic) bond motifs is 1. The molecule has 2 N–H and O–H groups in total. The predicted octanol–water partition coefficient (Wildman–Crippen LogP) is 4.11. The Bertz CT molecular complexity index is 1480. The standard InChI is InChI=1S/C27H31FN8O2/c1-7-25(37)31-21-13-22(24(38-6)14-23(21)35(5)11-10-34(3)4)33-27-29-9-8-20(32-27)18-12-19(28)26-30-17(2)15-36(26)16-18/h7-9,12-16H,1,10-11H2,2-6H3,(H,31,37)(H,29,32,33). The van der Waals surface area contributed by atoms with Crippen LogP contribution in [0.5, 0.6) is 5.75 Å². The summed E-state index contributed by atoms with van der Waals surface area (Å²) < 4.78 is 22.0. The van der Waals surface area contributed by atoms with Gasteiger partial charge in [0.05, 0.1) is 35.6 Å². The molecular formula is C27H31FN8O2. The fourth-order valence-corrected chi connectivity index (χ4v) is 3.93. The lowest BCUT2D eigenvalue weighted by Gasteiger charge is -2.26. The SMILES string of the molecule is C=CC(=O)Nc1cc(Nc2nccc(-c3cc(F)c4nc(C)cn4c3)n2)c(OC)cc1N(C)CCN(C)C. The van der Waals surface area contributed by atoms with E-state index < -0.39 is 5.82 Å². The van der Waals surface area contributed by atoms with E-state index in [-0.39, 0.29) is 17.5 Å². The number of ether oxygens (including phenoxy) is 1. The molecule has 0 aliphatic rings. The summed E-state index contributed by atoms with van der Waals surface area (Å²) in [6.07, 6.45) is 6.32. The van der Waals surface area contributed by atoms with Crippen molar-refractivity contribution in [1.82, 2.24) is 24.3 Å². The number of halogens is 1. The number of hydrogen-bond donors (Lipinski definition) is 2. The minimum atomic E-state index is -0.443. The van der Waals surface area contributed by atoms with E-state index in [4.69, 9.17) is 4.74 Å². The van der Waals surface area contributed by atoms with Crippen LogP contribution in [-0.2, 0) is 4.79 Å². The lowest BCUT2D eigenvalue weighted by Crippen LogP contribution is -2.29. The molecule has 0 aliphatic heterocycles. The first kappa shape index (κ1) is 26.6. The van der Waals surface area contributed by atoms with Gasteiger partial charge in [0.1, 0.15) is 5.75 Å². The number of likely N-dealkylation sites (N-methyl/N-ethyl adjacent to an activating group) is 2. The zero-order valence-corrected chi connectivity index (χ0v) is 22.1. The van der Waals surface area contributed by atoms with Crippen LogP contribution in [0.3, 0.4) is 0 Å². The van der Waals surface area contributed by atoms with Gasteiger partial charge < -0.3 is 29.6 Å². The van der Waals surface area contributed by atoms with Crippen molar-refractivity contribution in [2.45, 2.75) is 6.92 Å². The molecule has 11 heteroatoms. The summed E-state index contributed by atoms with van der Waals surface area (Å²) in [6, 6.07) is 6.70. The summed E-state index contributed by atoms with van der Waals surface area (Å²) in [4.78, 5) is 29.4. The van der Waals surface area contributed by atoms with Crippen LogP contribution in [0.25, 0.3) is 16.9 Å². The third-order valence-corrected chi connectivity index (χ3v) is 5.88. The second-order valence-electron chi connectivity index (χ2n) is 9.07. The number of nitrogens with zero attached hydrogens (tertiary/aromatic N) is 6. The highest BCUT2D eigenvalue weighted by Gasteiger charge is 2.17. The van der Waals surface area contributed by atoms with E-state index in [0.717, 1.165) is 18.8 Å². The van der Waals surface area contributed by atoms with Crippen molar-refractivity contribution in [3.63, 3.8) is 0 Å². The van der Waals surface area contributed by atoms with Crippen molar-refractivity contribution in [2.24, 2.45) is 0 Å². The predicted molar refractivity (Wildman–Crippen MR) is 148 cm³/mol. The largest absolute Gasteiger partial charge is 0.494 e. The van der Waals surface area contributed by atoms with Gasteiger partial charge in [-0.3, -0.25) is 4.79 Å². The van der Waals surface area contributed by atoms with Gasteiger partial charge in [0, 0.05) is 50.4 Å². The van der Waals surface area contributed by atoms with Gasteiger partial charge in [0.25, 0.3) is 0 Å². The average molecular weight is 519 g/mol. The fourth-order valence-electron chi connectivity index (χ4n) is 3.93. The molecule has 0 aliphatic carbocycles. The van der Waals surface area contributed by atoms with Crippen molar-refractivity contribution in [3.05, 3.63) is 67.0 Å². The van der Waals surface area contributed by atoms with Crippen LogP contribution in [0.1, 0.15) is 5.69 Å². The number of carbonyl (C=O) groups is 1. The highest BCUT2D eigenvalue weighted by atomic mass is 19.1. The van der Waals surface area contributed by atoms with E-state index in [1.807, 2.05) is 39.0 Å². The molecule has 38 heavy (non-hydrogen) atoms. The van der Waals surface area contributed by atoms with Crippen molar-refractivity contribution < 1.29 is 13.9 Å². The maximum Gasteiger partial charge on any atom is 0.247 e. The van der Waals surface area contributed by atoms with Crippen molar-refractivity contribution in [2.75, 3.05) is 56.9 Å². The lowest BCUT2D eigenvalue weighted by atomic mass is 10.2. The Morgan fingerprint density at radius 3 is 2.66 bits per heavy atom. The average Bonchev–Trinajstić information content (AvgIpc) is 3.28. The molecule has 0 saturated heterocycles. The van der Waals surface area contributed by atoms with Gasteiger partial charge in [0.2, 0.25) is 11.9 Å².